The number of hydrogen-bond donors (Lipinski definition) is 0. The topological polar surface area (TPSA) is 81.5 Å². The Morgan fingerprint density at radius 3 is 2.65 bits per heavy atom. The molecule has 0 spiro atoms. The number of nitrogens with zero attached hydrogens (tertiary/aromatic N) is 6. The minimum atomic E-state index is 0.0296. The summed E-state index contributed by atoms with van der Waals surface area (Å²) in [6.45, 7) is 3.04. The molecule has 1 unspecified atom stereocenters. The van der Waals surface area contributed by atoms with Crippen molar-refractivity contribution < 1.29 is 4.74 Å². The number of ether oxygens (including phenoxy) is 1. The zero-order valence-electron chi connectivity index (χ0n) is 18.7. The standard InChI is InChI=1S/C18H22N6OS.C5H10/c1-14(4-6-19)24-11-15(10-22-24)17-16-5-7-23(18(16)21-12-20-17)13-25-8-9-26(2)3;1-2-4-5-3-1/h5,7,9-12,14H,4,8,13H2,1-3H3;1-5H2. The van der Waals surface area contributed by atoms with E-state index in [1.54, 1.807) is 17.2 Å². The van der Waals surface area contributed by atoms with Crippen molar-refractivity contribution >= 4 is 26.9 Å². The highest BCUT2D eigenvalue weighted by atomic mass is 32.2. The molecule has 0 amide bonds. The van der Waals surface area contributed by atoms with Crippen LogP contribution in [-0.4, -0.2) is 48.8 Å². The molecule has 3 heterocycles. The first-order chi connectivity index (χ1) is 15.1. The minimum absolute atomic E-state index is 0.0296. The van der Waals surface area contributed by atoms with E-state index in [9.17, 15) is 0 Å². The van der Waals surface area contributed by atoms with E-state index >= 15 is 0 Å². The molecular formula is C23H32N6OS. The fourth-order valence-electron chi connectivity index (χ4n) is 3.48. The largest absolute Gasteiger partial charge is 0.356 e. The van der Waals surface area contributed by atoms with Crippen LogP contribution >= 0.6 is 10.5 Å². The molecule has 0 aromatic carbocycles. The van der Waals surface area contributed by atoms with Gasteiger partial charge in [-0.2, -0.15) is 20.8 Å². The fraction of sp³-hybridized carbons (Fsp3) is 0.522. The smallest absolute Gasteiger partial charge is 0.145 e. The van der Waals surface area contributed by atoms with Crippen LogP contribution in [0.4, 0.5) is 0 Å². The van der Waals surface area contributed by atoms with Crippen LogP contribution in [-0.2, 0) is 11.5 Å². The van der Waals surface area contributed by atoms with Gasteiger partial charge in [0.2, 0.25) is 0 Å². The SMILES string of the molecule is C1CCCC1.CC(CC#N)n1cc(-c2ncnc3c2ccn3COCC=S(C)C)cn1. The number of fused-ring (bicyclic) bond motifs is 1. The maximum atomic E-state index is 8.86. The predicted molar refractivity (Wildman–Crippen MR) is 128 cm³/mol. The summed E-state index contributed by atoms with van der Waals surface area (Å²) in [6, 6.07) is 4.20. The first kappa shape index (κ1) is 23.2. The Balaban J connectivity index is 0.000000478. The van der Waals surface area contributed by atoms with Crippen LogP contribution in [0.2, 0.25) is 0 Å². The number of rotatable bonds is 7. The van der Waals surface area contributed by atoms with Crippen molar-refractivity contribution in [1.82, 2.24) is 24.3 Å². The van der Waals surface area contributed by atoms with E-state index in [-0.39, 0.29) is 16.5 Å². The molecule has 4 rings (SSSR count). The second-order valence-electron chi connectivity index (χ2n) is 7.98. The third-order valence-corrected chi connectivity index (χ3v) is 6.07. The molecule has 7 nitrogen and oxygen atoms in total. The van der Waals surface area contributed by atoms with Crippen LogP contribution in [0.25, 0.3) is 22.3 Å². The quantitative estimate of drug-likeness (QED) is 0.380. The lowest BCUT2D eigenvalue weighted by Gasteiger charge is -2.07. The maximum absolute atomic E-state index is 8.86. The zero-order valence-corrected chi connectivity index (χ0v) is 19.5. The Bertz CT molecular complexity index is 1030. The van der Waals surface area contributed by atoms with Gasteiger partial charge in [-0.05, 0) is 30.9 Å². The van der Waals surface area contributed by atoms with Gasteiger partial charge in [0.15, 0.2) is 0 Å². The maximum Gasteiger partial charge on any atom is 0.145 e. The van der Waals surface area contributed by atoms with E-state index in [0.29, 0.717) is 19.8 Å². The summed E-state index contributed by atoms with van der Waals surface area (Å²) in [5.41, 5.74) is 2.58. The molecule has 0 bridgehead atoms. The van der Waals surface area contributed by atoms with Crippen LogP contribution in [0.15, 0.2) is 31.0 Å². The van der Waals surface area contributed by atoms with Crippen LogP contribution in [0.3, 0.4) is 0 Å². The second-order valence-corrected chi connectivity index (χ2v) is 10.1. The number of nitriles is 1. The highest BCUT2D eigenvalue weighted by Gasteiger charge is 2.13. The lowest BCUT2D eigenvalue weighted by atomic mass is 10.2. The van der Waals surface area contributed by atoms with Gasteiger partial charge in [-0.1, -0.05) is 32.1 Å². The van der Waals surface area contributed by atoms with E-state index in [4.69, 9.17) is 10.00 Å². The van der Waals surface area contributed by atoms with Crippen molar-refractivity contribution in [2.24, 2.45) is 0 Å². The molecule has 1 atom stereocenters. The molecule has 0 saturated heterocycles. The van der Waals surface area contributed by atoms with Crippen molar-refractivity contribution in [1.29, 1.82) is 5.26 Å². The lowest BCUT2D eigenvalue weighted by molar-refractivity contribution is 0.114. The molecule has 0 N–H and O–H groups in total. The van der Waals surface area contributed by atoms with Gasteiger partial charge in [0.05, 0.1) is 37.0 Å². The molecule has 1 saturated carbocycles. The first-order valence-corrected chi connectivity index (χ1v) is 12.9. The fourth-order valence-corrected chi connectivity index (χ4v) is 3.85. The summed E-state index contributed by atoms with van der Waals surface area (Å²) in [4.78, 5) is 8.85. The van der Waals surface area contributed by atoms with E-state index in [1.807, 2.05) is 30.0 Å². The normalized spacial score (nSPS) is 14.3. The summed E-state index contributed by atoms with van der Waals surface area (Å²) in [5, 5.41) is 16.3. The molecule has 0 aliphatic heterocycles. The van der Waals surface area contributed by atoms with Gasteiger partial charge in [-0.25, -0.2) is 9.97 Å². The van der Waals surface area contributed by atoms with Gasteiger partial charge in [0, 0.05) is 23.3 Å². The monoisotopic (exact) mass is 440 g/mol. The molecule has 31 heavy (non-hydrogen) atoms. The Kier molecular flexibility index (Phi) is 8.80. The zero-order chi connectivity index (χ0) is 22.1. The molecule has 1 aliphatic carbocycles. The Hall–Kier alpha value is -2.50. The van der Waals surface area contributed by atoms with Gasteiger partial charge in [-0.15, -0.1) is 0 Å². The van der Waals surface area contributed by atoms with Gasteiger partial charge < -0.3 is 9.30 Å². The molecule has 1 aliphatic rings. The van der Waals surface area contributed by atoms with Crippen molar-refractivity contribution in [3.8, 4) is 17.3 Å². The van der Waals surface area contributed by atoms with E-state index in [0.717, 1.165) is 22.3 Å². The average molecular weight is 441 g/mol. The van der Waals surface area contributed by atoms with Crippen LogP contribution in [0.1, 0.15) is 51.5 Å². The molecule has 0 radical (unpaired) electrons. The summed E-state index contributed by atoms with van der Waals surface area (Å²) < 4.78 is 9.49. The summed E-state index contributed by atoms with van der Waals surface area (Å²) in [6.07, 6.45) is 19.5. The van der Waals surface area contributed by atoms with E-state index < -0.39 is 0 Å². The van der Waals surface area contributed by atoms with Crippen molar-refractivity contribution in [2.45, 2.75) is 58.2 Å². The first-order valence-electron chi connectivity index (χ1n) is 10.8. The molecule has 166 valence electrons. The number of hydrogen-bond acceptors (Lipinski definition) is 5. The predicted octanol–water partition coefficient (Wildman–Crippen LogP) is 5.02. The third kappa shape index (κ3) is 6.49. The average Bonchev–Trinajstić information content (AvgIpc) is 3.54. The minimum Gasteiger partial charge on any atom is -0.356 e. The summed E-state index contributed by atoms with van der Waals surface area (Å²) in [7, 11) is 0.263. The van der Waals surface area contributed by atoms with Gasteiger partial charge >= 0.3 is 0 Å². The second kappa shape index (κ2) is 11.8. The Morgan fingerprint density at radius 2 is 1.97 bits per heavy atom. The van der Waals surface area contributed by atoms with Crippen LogP contribution in [0, 0.1) is 11.3 Å². The third-order valence-electron chi connectivity index (χ3n) is 5.27. The molecule has 1 fully saturated rings. The van der Waals surface area contributed by atoms with Gasteiger partial charge in [0.25, 0.3) is 0 Å². The molecule has 3 aromatic rings. The van der Waals surface area contributed by atoms with Crippen molar-refractivity contribution in [3.05, 3.63) is 31.0 Å². The highest BCUT2D eigenvalue weighted by Crippen LogP contribution is 2.26. The van der Waals surface area contributed by atoms with Gasteiger partial charge in [-0.3, -0.25) is 4.68 Å². The van der Waals surface area contributed by atoms with Crippen LogP contribution in [0.5, 0.6) is 0 Å². The van der Waals surface area contributed by atoms with Gasteiger partial charge in [0.1, 0.15) is 18.7 Å². The highest BCUT2D eigenvalue weighted by molar-refractivity contribution is 8.13. The molecule has 8 heteroatoms. The molecular weight excluding hydrogens is 408 g/mol. The van der Waals surface area contributed by atoms with Crippen molar-refractivity contribution in [2.75, 3.05) is 19.1 Å². The summed E-state index contributed by atoms with van der Waals surface area (Å²) in [5.74, 6) is 0. The summed E-state index contributed by atoms with van der Waals surface area (Å²) >= 11 is 0. The van der Waals surface area contributed by atoms with E-state index in [2.05, 4.69) is 39.0 Å². The van der Waals surface area contributed by atoms with Crippen LogP contribution < -0.4 is 0 Å². The van der Waals surface area contributed by atoms with Crippen molar-refractivity contribution in [3.63, 3.8) is 0 Å². The Morgan fingerprint density at radius 1 is 1.23 bits per heavy atom. The molecule has 3 aromatic heterocycles. The van der Waals surface area contributed by atoms with E-state index in [1.165, 1.54) is 32.1 Å². The lowest BCUT2D eigenvalue weighted by Crippen LogP contribution is -2.04. The number of aromatic nitrogens is 5. The Labute approximate surface area is 187 Å².